The number of nitrogens with zero attached hydrogens (tertiary/aromatic N) is 1. The first kappa shape index (κ1) is 12.5. The number of benzene rings is 1. The molecule has 1 aromatic carbocycles. The fourth-order valence-electron chi connectivity index (χ4n) is 2.65. The summed E-state index contributed by atoms with van der Waals surface area (Å²) in [5.74, 6) is 0.683. The van der Waals surface area contributed by atoms with Crippen LogP contribution in [0, 0.1) is 6.92 Å². The Kier molecular flexibility index (Phi) is 2.97. The molecule has 1 amide bonds. The normalized spacial score (nSPS) is 17.6. The van der Waals surface area contributed by atoms with Crippen molar-refractivity contribution in [3.63, 3.8) is 0 Å². The second-order valence-electron chi connectivity index (χ2n) is 4.89. The Balaban J connectivity index is 2.03. The first-order valence-corrected chi connectivity index (χ1v) is 7.03. The average molecular weight is 320 g/mol. The lowest BCUT2D eigenvalue weighted by atomic mass is 10.1. The zero-order valence-electron chi connectivity index (χ0n) is 10.8. The van der Waals surface area contributed by atoms with E-state index in [1.807, 2.05) is 24.0 Å². The van der Waals surface area contributed by atoms with Crippen LogP contribution in [0.15, 0.2) is 39.4 Å². The summed E-state index contributed by atoms with van der Waals surface area (Å²) in [6.07, 6.45) is 2.45. The Bertz CT molecular complexity index is 647. The third-order valence-electron chi connectivity index (χ3n) is 3.57. The number of rotatable bonds is 1. The van der Waals surface area contributed by atoms with Crippen LogP contribution in [-0.4, -0.2) is 11.9 Å². The largest absolute Gasteiger partial charge is 0.469 e. The SMILES string of the molecule is Cc1occc1C(=O)N1c2ccc(Br)cc2C[C@@H]1C. The van der Waals surface area contributed by atoms with Crippen LogP contribution in [0.2, 0.25) is 0 Å². The molecular formula is C15H14BrNO2. The molecule has 3 rings (SSSR count). The molecule has 0 aliphatic carbocycles. The van der Waals surface area contributed by atoms with Crippen LogP contribution in [0.4, 0.5) is 5.69 Å². The average Bonchev–Trinajstić information content (AvgIpc) is 2.90. The molecule has 19 heavy (non-hydrogen) atoms. The van der Waals surface area contributed by atoms with Crippen LogP contribution >= 0.6 is 15.9 Å². The van der Waals surface area contributed by atoms with Crippen molar-refractivity contribution >= 4 is 27.5 Å². The van der Waals surface area contributed by atoms with E-state index in [9.17, 15) is 4.79 Å². The highest BCUT2D eigenvalue weighted by molar-refractivity contribution is 9.10. The number of anilines is 1. The molecule has 2 aromatic rings. The summed E-state index contributed by atoms with van der Waals surface area (Å²) >= 11 is 3.47. The molecule has 4 heteroatoms. The van der Waals surface area contributed by atoms with Gasteiger partial charge in [-0.05, 0) is 50.1 Å². The van der Waals surface area contributed by atoms with Crippen LogP contribution in [0.5, 0.6) is 0 Å². The predicted octanol–water partition coefficient (Wildman–Crippen LogP) is 3.94. The van der Waals surface area contributed by atoms with E-state index < -0.39 is 0 Å². The molecule has 1 aromatic heterocycles. The third kappa shape index (κ3) is 2.00. The molecule has 0 saturated heterocycles. The van der Waals surface area contributed by atoms with Crippen molar-refractivity contribution < 1.29 is 9.21 Å². The van der Waals surface area contributed by atoms with Crippen LogP contribution < -0.4 is 4.90 Å². The standard InChI is InChI=1S/C15H14BrNO2/c1-9-7-11-8-12(16)3-4-14(11)17(9)15(18)13-5-6-19-10(13)2/h3-6,8-9H,7H2,1-2H3/t9-/m0/s1. The monoisotopic (exact) mass is 319 g/mol. The summed E-state index contributed by atoms with van der Waals surface area (Å²) in [6.45, 7) is 3.89. The summed E-state index contributed by atoms with van der Waals surface area (Å²) in [4.78, 5) is 14.5. The van der Waals surface area contributed by atoms with Gasteiger partial charge in [-0.15, -0.1) is 0 Å². The molecule has 1 aliphatic rings. The Hall–Kier alpha value is -1.55. The first-order valence-electron chi connectivity index (χ1n) is 6.24. The number of amides is 1. The van der Waals surface area contributed by atoms with Gasteiger partial charge in [-0.3, -0.25) is 4.79 Å². The van der Waals surface area contributed by atoms with Crippen LogP contribution in [0.3, 0.4) is 0 Å². The van der Waals surface area contributed by atoms with E-state index >= 15 is 0 Å². The maximum absolute atomic E-state index is 12.6. The predicted molar refractivity (Wildman–Crippen MR) is 77.6 cm³/mol. The summed E-state index contributed by atoms with van der Waals surface area (Å²) in [5.41, 5.74) is 2.85. The Labute approximate surface area is 120 Å². The smallest absolute Gasteiger partial charge is 0.262 e. The second kappa shape index (κ2) is 4.53. The molecule has 1 aliphatic heterocycles. The molecule has 0 fully saturated rings. The molecule has 0 radical (unpaired) electrons. The number of carbonyl (C=O) groups excluding carboxylic acids is 1. The number of halogens is 1. The van der Waals surface area contributed by atoms with Crippen molar-refractivity contribution in [1.29, 1.82) is 0 Å². The van der Waals surface area contributed by atoms with E-state index in [2.05, 4.69) is 28.9 Å². The van der Waals surface area contributed by atoms with Gasteiger partial charge in [0.05, 0.1) is 11.8 Å². The van der Waals surface area contributed by atoms with E-state index in [4.69, 9.17) is 4.42 Å². The lowest BCUT2D eigenvalue weighted by molar-refractivity contribution is 0.0980. The lowest BCUT2D eigenvalue weighted by Crippen LogP contribution is -2.35. The number of carbonyl (C=O) groups is 1. The van der Waals surface area contributed by atoms with Gasteiger partial charge in [0.2, 0.25) is 0 Å². The number of hydrogen-bond acceptors (Lipinski definition) is 2. The molecule has 0 N–H and O–H groups in total. The van der Waals surface area contributed by atoms with Gasteiger partial charge in [-0.1, -0.05) is 15.9 Å². The van der Waals surface area contributed by atoms with Crippen molar-refractivity contribution in [3.8, 4) is 0 Å². The van der Waals surface area contributed by atoms with E-state index in [-0.39, 0.29) is 11.9 Å². The van der Waals surface area contributed by atoms with Crippen molar-refractivity contribution in [2.75, 3.05) is 4.90 Å². The highest BCUT2D eigenvalue weighted by atomic mass is 79.9. The number of fused-ring (bicyclic) bond motifs is 1. The van der Waals surface area contributed by atoms with Crippen molar-refractivity contribution in [3.05, 3.63) is 51.9 Å². The van der Waals surface area contributed by atoms with Gasteiger partial charge in [0.1, 0.15) is 5.76 Å². The molecule has 2 heterocycles. The van der Waals surface area contributed by atoms with E-state index in [1.165, 1.54) is 5.56 Å². The topological polar surface area (TPSA) is 33.5 Å². The molecule has 3 nitrogen and oxygen atoms in total. The van der Waals surface area contributed by atoms with Gasteiger partial charge in [0, 0.05) is 16.2 Å². The van der Waals surface area contributed by atoms with Crippen LogP contribution in [0.1, 0.15) is 28.6 Å². The van der Waals surface area contributed by atoms with Gasteiger partial charge in [-0.25, -0.2) is 0 Å². The molecule has 0 unspecified atom stereocenters. The quantitative estimate of drug-likeness (QED) is 0.797. The van der Waals surface area contributed by atoms with Gasteiger partial charge >= 0.3 is 0 Å². The fourth-order valence-corrected chi connectivity index (χ4v) is 3.05. The lowest BCUT2D eigenvalue weighted by Gasteiger charge is -2.22. The summed E-state index contributed by atoms with van der Waals surface area (Å²) in [7, 11) is 0. The highest BCUT2D eigenvalue weighted by Crippen LogP contribution is 2.35. The zero-order valence-corrected chi connectivity index (χ0v) is 12.4. The zero-order chi connectivity index (χ0) is 13.6. The molecule has 0 spiro atoms. The van der Waals surface area contributed by atoms with E-state index in [0.29, 0.717) is 11.3 Å². The Morgan fingerprint density at radius 1 is 1.42 bits per heavy atom. The fraction of sp³-hybridized carbons (Fsp3) is 0.267. The first-order chi connectivity index (χ1) is 9.08. The molecular weight excluding hydrogens is 306 g/mol. The van der Waals surface area contributed by atoms with E-state index in [0.717, 1.165) is 16.6 Å². The maximum Gasteiger partial charge on any atom is 0.262 e. The van der Waals surface area contributed by atoms with Crippen molar-refractivity contribution in [1.82, 2.24) is 0 Å². The van der Waals surface area contributed by atoms with Crippen LogP contribution in [0.25, 0.3) is 0 Å². The van der Waals surface area contributed by atoms with Gasteiger partial charge in [0.15, 0.2) is 0 Å². The highest BCUT2D eigenvalue weighted by Gasteiger charge is 2.32. The molecule has 0 bridgehead atoms. The molecule has 1 atom stereocenters. The number of furan rings is 1. The van der Waals surface area contributed by atoms with Gasteiger partial charge in [0.25, 0.3) is 5.91 Å². The Morgan fingerprint density at radius 2 is 2.21 bits per heavy atom. The minimum Gasteiger partial charge on any atom is -0.469 e. The second-order valence-corrected chi connectivity index (χ2v) is 5.81. The summed E-state index contributed by atoms with van der Waals surface area (Å²) in [5, 5.41) is 0. The van der Waals surface area contributed by atoms with E-state index in [1.54, 1.807) is 12.3 Å². The van der Waals surface area contributed by atoms with Crippen molar-refractivity contribution in [2.45, 2.75) is 26.3 Å². The van der Waals surface area contributed by atoms with Crippen molar-refractivity contribution in [2.24, 2.45) is 0 Å². The third-order valence-corrected chi connectivity index (χ3v) is 4.06. The van der Waals surface area contributed by atoms with Gasteiger partial charge < -0.3 is 9.32 Å². The van der Waals surface area contributed by atoms with Crippen LogP contribution in [-0.2, 0) is 6.42 Å². The molecule has 0 saturated carbocycles. The summed E-state index contributed by atoms with van der Waals surface area (Å²) in [6, 6.07) is 7.96. The number of aryl methyl sites for hydroxylation is 1. The number of hydrogen-bond donors (Lipinski definition) is 0. The molecule has 98 valence electrons. The van der Waals surface area contributed by atoms with Gasteiger partial charge in [-0.2, -0.15) is 0 Å². The summed E-state index contributed by atoms with van der Waals surface area (Å²) < 4.78 is 6.28. The Morgan fingerprint density at radius 3 is 2.89 bits per heavy atom. The maximum atomic E-state index is 12.6. The minimum absolute atomic E-state index is 0.0137. The minimum atomic E-state index is 0.0137.